The van der Waals surface area contributed by atoms with Crippen LogP contribution in [-0.2, 0) is 6.42 Å². The minimum absolute atomic E-state index is 0.641. The monoisotopic (exact) mass is 212 g/mol. The molecule has 1 aromatic rings. The number of aliphatic imine (C=N–C) groups is 1. The highest BCUT2D eigenvalue weighted by atomic mass is 14.7. The van der Waals surface area contributed by atoms with E-state index in [1.165, 1.54) is 5.56 Å². The summed E-state index contributed by atoms with van der Waals surface area (Å²) in [6, 6.07) is 4.01. The van der Waals surface area contributed by atoms with Gasteiger partial charge in [-0.3, -0.25) is 9.98 Å². The van der Waals surface area contributed by atoms with E-state index >= 15 is 0 Å². The second kappa shape index (κ2) is 6.51. The molecule has 16 heavy (non-hydrogen) atoms. The van der Waals surface area contributed by atoms with E-state index in [-0.39, 0.29) is 0 Å². The summed E-state index contributed by atoms with van der Waals surface area (Å²) in [5, 5.41) is 0. The first-order valence-corrected chi connectivity index (χ1v) is 5.16. The van der Waals surface area contributed by atoms with Crippen molar-refractivity contribution in [1.29, 1.82) is 0 Å². The number of pyridine rings is 1. The Labute approximate surface area is 96.8 Å². The van der Waals surface area contributed by atoms with Gasteiger partial charge in [0.05, 0.1) is 11.4 Å². The fraction of sp³-hybridized carbons (Fsp3) is 0.143. The van der Waals surface area contributed by atoms with Crippen molar-refractivity contribution in [2.24, 2.45) is 4.99 Å². The molecular weight excluding hydrogens is 196 g/mol. The minimum atomic E-state index is 0.641. The van der Waals surface area contributed by atoms with Crippen molar-refractivity contribution in [2.75, 3.05) is 0 Å². The molecule has 0 saturated heterocycles. The fourth-order valence-corrected chi connectivity index (χ4v) is 1.25. The minimum Gasteiger partial charge on any atom is -0.265 e. The van der Waals surface area contributed by atoms with Gasteiger partial charge in [-0.15, -0.1) is 0 Å². The van der Waals surface area contributed by atoms with Gasteiger partial charge < -0.3 is 0 Å². The molecule has 0 radical (unpaired) electrons. The quantitative estimate of drug-likeness (QED) is 0.417. The summed E-state index contributed by atoms with van der Waals surface area (Å²) >= 11 is 0. The molecule has 0 aliphatic heterocycles. The van der Waals surface area contributed by atoms with E-state index in [1.54, 1.807) is 6.20 Å². The third-order valence-electron chi connectivity index (χ3n) is 2.14. The summed E-state index contributed by atoms with van der Waals surface area (Å²) in [5.74, 6) is 0. The number of nitrogens with zero attached hydrogens (tertiary/aromatic N) is 2. The molecule has 0 aromatic carbocycles. The third-order valence-corrected chi connectivity index (χ3v) is 2.14. The van der Waals surface area contributed by atoms with Gasteiger partial charge in [-0.25, -0.2) is 0 Å². The van der Waals surface area contributed by atoms with Gasteiger partial charge in [-0.1, -0.05) is 24.8 Å². The molecule has 1 aromatic heterocycles. The van der Waals surface area contributed by atoms with Crippen molar-refractivity contribution >= 4 is 12.8 Å². The Kier molecular flexibility index (Phi) is 4.93. The van der Waals surface area contributed by atoms with E-state index in [0.29, 0.717) is 5.70 Å². The molecule has 0 fully saturated rings. The molecule has 0 bridgehead atoms. The predicted octanol–water partition coefficient (Wildman–Crippen LogP) is 3.43. The van der Waals surface area contributed by atoms with Gasteiger partial charge in [0.25, 0.3) is 0 Å². The van der Waals surface area contributed by atoms with Crippen molar-refractivity contribution in [2.45, 2.75) is 13.3 Å². The topological polar surface area (TPSA) is 25.2 Å². The lowest BCUT2D eigenvalue weighted by atomic mass is 10.1. The third kappa shape index (κ3) is 3.65. The van der Waals surface area contributed by atoms with Gasteiger partial charge in [-0.2, -0.15) is 0 Å². The molecule has 0 atom stereocenters. The van der Waals surface area contributed by atoms with E-state index in [4.69, 9.17) is 0 Å². The van der Waals surface area contributed by atoms with Crippen molar-refractivity contribution < 1.29 is 0 Å². The standard InChI is InChI=1S/C14H16N2/c1-4-5-7-13-8-6-11-16-14(13)10-9-12(2)15-3/h4-6,8-11H,2-3,7H2,1H3/b5-4-,10-9-. The highest BCUT2D eigenvalue weighted by molar-refractivity contribution is 5.53. The number of allylic oxidation sites excluding steroid dienone is 3. The van der Waals surface area contributed by atoms with Gasteiger partial charge in [0.1, 0.15) is 0 Å². The second-order valence-corrected chi connectivity index (χ2v) is 3.30. The van der Waals surface area contributed by atoms with E-state index in [1.807, 2.05) is 31.2 Å². The zero-order valence-electron chi connectivity index (χ0n) is 9.56. The van der Waals surface area contributed by atoms with Crippen LogP contribution in [0.4, 0.5) is 0 Å². The first-order chi connectivity index (χ1) is 7.77. The van der Waals surface area contributed by atoms with E-state index in [9.17, 15) is 0 Å². The molecule has 2 heteroatoms. The Morgan fingerprint density at radius 2 is 2.38 bits per heavy atom. The van der Waals surface area contributed by atoms with Crippen LogP contribution in [0, 0.1) is 0 Å². The van der Waals surface area contributed by atoms with Gasteiger partial charge in [0, 0.05) is 6.20 Å². The summed E-state index contributed by atoms with van der Waals surface area (Å²) in [6.07, 6.45) is 10.5. The zero-order chi connectivity index (χ0) is 11.8. The van der Waals surface area contributed by atoms with Crippen LogP contribution in [0.1, 0.15) is 18.2 Å². The number of aromatic nitrogens is 1. The molecule has 0 spiro atoms. The first kappa shape index (κ1) is 12.1. The first-order valence-electron chi connectivity index (χ1n) is 5.16. The van der Waals surface area contributed by atoms with Crippen molar-refractivity contribution in [1.82, 2.24) is 4.98 Å². The van der Waals surface area contributed by atoms with Gasteiger partial charge in [0.15, 0.2) is 0 Å². The van der Waals surface area contributed by atoms with Crippen molar-refractivity contribution in [3.05, 3.63) is 60.1 Å². The molecule has 82 valence electrons. The lowest BCUT2D eigenvalue weighted by molar-refractivity contribution is 1.16. The van der Waals surface area contributed by atoms with Crippen LogP contribution >= 0.6 is 0 Å². The van der Waals surface area contributed by atoms with Crippen LogP contribution in [-0.4, -0.2) is 11.7 Å². The molecule has 0 unspecified atom stereocenters. The number of hydrogen-bond donors (Lipinski definition) is 0. The summed E-state index contributed by atoms with van der Waals surface area (Å²) < 4.78 is 0. The van der Waals surface area contributed by atoms with E-state index in [0.717, 1.165) is 12.1 Å². The van der Waals surface area contributed by atoms with Gasteiger partial charge in [-0.05, 0) is 43.8 Å². The summed E-state index contributed by atoms with van der Waals surface area (Å²) in [7, 11) is 0. The maximum atomic E-state index is 4.31. The van der Waals surface area contributed by atoms with Crippen LogP contribution < -0.4 is 0 Å². The molecule has 1 rings (SSSR count). The molecule has 0 N–H and O–H groups in total. The SMILES string of the molecule is C=NC(=C)/C=C\c1ncccc1C/C=C\C. The Balaban J connectivity index is 2.90. The maximum Gasteiger partial charge on any atom is 0.0665 e. The Hall–Kier alpha value is -1.96. The lowest BCUT2D eigenvalue weighted by Crippen LogP contribution is -1.90. The van der Waals surface area contributed by atoms with Crippen LogP contribution in [0.5, 0.6) is 0 Å². The Morgan fingerprint density at radius 1 is 1.56 bits per heavy atom. The highest BCUT2D eigenvalue weighted by Crippen LogP contribution is 2.10. The van der Waals surface area contributed by atoms with Crippen LogP contribution in [0.25, 0.3) is 6.08 Å². The van der Waals surface area contributed by atoms with Crippen molar-refractivity contribution in [3.63, 3.8) is 0 Å². The molecule has 0 saturated carbocycles. The van der Waals surface area contributed by atoms with Gasteiger partial charge >= 0.3 is 0 Å². The molecule has 0 amide bonds. The van der Waals surface area contributed by atoms with E-state index in [2.05, 4.69) is 35.4 Å². The Bertz CT molecular complexity index is 428. The summed E-state index contributed by atoms with van der Waals surface area (Å²) in [4.78, 5) is 8.04. The zero-order valence-corrected chi connectivity index (χ0v) is 9.56. The predicted molar refractivity (Wildman–Crippen MR) is 70.5 cm³/mol. The molecule has 2 nitrogen and oxygen atoms in total. The van der Waals surface area contributed by atoms with Crippen LogP contribution in [0.2, 0.25) is 0 Å². The second-order valence-electron chi connectivity index (χ2n) is 3.30. The largest absolute Gasteiger partial charge is 0.265 e. The van der Waals surface area contributed by atoms with Gasteiger partial charge in [0.2, 0.25) is 0 Å². The van der Waals surface area contributed by atoms with E-state index < -0.39 is 0 Å². The molecule has 0 aliphatic rings. The molecular formula is C14H16N2. The molecule has 0 aliphatic carbocycles. The lowest BCUT2D eigenvalue weighted by Gasteiger charge is -2.01. The molecule has 1 heterocycles. The Morgan fingerprint density at radius 3 is 3.06 bits per heavy atom. The smallest absolute Gasteiger partial charge is 0.0665 e. The average molecular weight is 212 g/mol. The normalized spacial score (nSPS) is 11.1. The average Bonchev–Trinajstić information content (AvgIpc) is 2.34. The van der Waals surface area contributed by atoms with Crippen molar-refractivity contribution in [3.8, 4) is 0 Å². The fourth-order valence-electron chi connectivity index (χ4n) is 1.25. The summed E-state index contributed by atoms with van der Waals surface area (Å²) in [6.45, 7) is 9.14. The highest BCUT2D eigenvalue weighted by Gasteiger charge is 1.97. The number of hydrogen-bond acceptors (Lipinski definition) is 2. The summed E-state index contributed by atoms with van der Waals surface area (Å²) in [5.41, 5.74) is 2.78. The van der Waals surface area contributed by atoms with Crippen LogP contribution in [0.3, 0.4) is 0 Å². The number of rotatable bonds is 5. The van der Waals surface area contributed by atoms with Crippen LogP contribution in [0.15, 0.2) is 53.8 Å². The maximum absolute atomic E-state index is 4.31.